The standard InChI is InChI=1S/C12H17FO2/c1-4-12(3,14)8-15-10-5-6-11(13)9(2)7-10/h5-7,14H,4,8H2,1-3H3. The van der Waals surface area contributed by atoms with Gasteiger partial charge in [0.05, 0.1) is 5.60 Å². The van der Waals surface area contributed by atoms with Crippen LogP contribution in [0.1, 0.15) is 25.8 Å². The van der Waals surface area contributed by atoms with Crippen molar-refractivity contribution in [3.05, 3.63) is 29.6 Å². The zero-order valence-electron chi connectivity index (χ0n) is 9.38. The Morgan fingerprint density at radius 1 is 1.47 bits per heavy atom. The third kappa shape index (κ3) is 3.51. The van der Waals surface area contributed by atoms with Crippen LogP contribution in [0.2, 0.25) is 0 Å². The van der Waals surface area contributed by atoms with Gasteiger partial charge in [-0.25, -0.2) is 4.39 Å². The molecule has 1 aromatic carbocycles. The summed E-state index contributed by atoms with van der Waals surface area (Å²) in [5, 5.41) is 9.71. The van der Waals surface area contributed by atoms with E-state index in [1.165, 1.54) is 6.07 Å². The lowest BCUT2D eigenvalue weighted by Crippen LogP contribution is -2.31. The molecule has 1 aromatic rings. The minimum Gasteiger partial charge on any atom is -0.491 e. The van der Waals surface area contributed by atoms with Gasteiger partial charge in [0.2, 0.25) is 0 Å². The highest BCUT2D eigenvalue weighted by atomic mass is 19.1. The molecule has 0 saturated carbocycles. The van der Waals surface area contributed by atoms with Gasteiger partial charge in [-0.15, -0.1) is 0 Å². The number of aliphatic hydroxyl groups is 1. The van der Waals surface area contributed by atoms with Gasteiger partial charge >= 0.3 is 0 Å². The lowest BCUT2D eigenvalue weighted by atomic mass is 10.1. The van der Waals surface area contributed by atoms with Crippen molar-refractivity contribution < 1.29 is 14.2 Å². The van der Waals surface area contributed by atoms with E-state index in [4.69, 9.17) is 4.74 Å². The molecule has 1 rings (SSSR count). The van der Waals surface area contributed by atoms with Gasteiger partial charge in [-0.3, -0.25) is 0 Å². The minimum atomic E-state index is -0.831. The molecule has 0 aliphatic heterocycles. The molecule has 84 valence electrons. The van der Waals surface area contributed by atoms with Gasteiger partial charge in [-0.1, -0.05) is 6.92 Å². The van der Waals surface area contributed by atoms with Gasteiger partial charge in [-0.05, 0) is 44.0 Å². The largest absolute Gasteiger partial charge is 0.491 e. The normalized spacial score (nSPS) is 14.7. The third-order valence-electron chi connectivity index (χ3n) is 2.44. The molecule has 2 nitrogen and oxygen atoms in total. The van der Waals surface area contributed by atoms with Crippen molar-refractivity contribution in [1.29, 1.82) is 0 Å². The zero-order valence-corrected chi connectivity index (χ0v) is 9.38. The summed E-state index contributed by atoms with van der Waals surface area (Å²) in [5.41, 5.74) is -0.286. The van der Waals surface area contributed by atoms with Crippen molar-refractivity contribution in [1.82, 2.24) is 0 Å². The molecule has 1 atom stereocenters. The summed E-state index contributed by atoms with van der Waals surface area (Å²) < 4.78 is 18.3. The SMILES string of the molecule is CCC(C)(O)COc1ccc(F)c(C)c1. The minimum absolute atomic E-state index is 0.217. The monoisotopic (exact) mass is 212 g/mol. The molecule has 0 aromatic heterocycles. The highest BCUT2D eigenvalue weighted by Crippen LogP contribution is 2.18. The Morgan fingerprint density at radius 3 is 2.67 bits per heavy atom. The first-order chi connectivity index (χ1) is 6.94. The third-order valence-corrected chi connectivity index (χ3v) is 2.44. The molecule has 0 bridgehead atoms. The fourth-order valence-corrected chi connectivity index (χ4v) is 1.05. The van der Waals surface area contributed by atoms with Gasteiger partial charge < -0.3 is 9.84 Å². The van der Waals surface area contributed by atoms with Gasteiger partial charge in [0.15, 0.2) is 0 Å². The van der Waals surface area contributed by atoms with Crippen molar-refractivity contribution in [2.45, 2.75) is 32.8 Å². The quantitative estimate of drug-likeness (QED) is 0.831. The van der Waals surface area contributed by atoms with Gasteiger partial charge in [0.1, 0.15) is 18.2 Å². The highest BCUT2D eigenvalue weighted by Gasteiger charge is 2.18. The van der Waals surface area contributed by atoms with Crippen LogP contribution in [-0.2, 0) is 0 Å². The number of benzene rings is 1. The first kappa shape index (κ1) is 12.0. The average molecular weight is 212 g/mol. The molecule has 0 radical (unpaired) electrons. The molecule has 0 amide bonds. The Kier molecular flexibility index (Phi) is 3.69. The maximum absolute atomic E-state index is 12.9. The second-order valence-corrected chi connectivity index (χ2v) is 4.05. The Labute approximate surface area is 89.7 Å². The molecule has 0 saturated heterocycles. The number of hydrogen-bond donors (Lipinski definition) is 1. The van der Waals surface area contributed by atoms with Gasteiger partial charge in [-0.2, -0.15) is 0 Å². The van der Waals surface area contributed by atoms with Crippen molar-refractivity contribution in [3.63, 3.8) is 0 Å². The van der Waals surface area contributed by atoms with E-state index < -0.39 is 5.60 Å². The summed E-state index contributed by atoms with van der Waals surface area (Å²) in [6.45, 7) is 5.50. The van der Waals surface area contributed by atoms with Gasteiger partial charge in [0.25, 0.3) is 0 Å². The molecule has 0 spiro atoms. The number of ether oxygens (including phenoxy) is 1. The van der Waals surface area contributed by atoms with Crippen LogP contribution in [0.5, 0.6) is 5.75 Å². The Hall–Kier alpha value is -1.09. The van der Waals surface area contributed by atoms with Crippen LogP contribution < -0.4 is 4.74 Å². The van der Waals surface area contributed by atoms with E-state index >= 15 is 0 Å². The van der Waals surface area contributed by atoms with Crippen LogP contribution in [0.4, 0.5) is 4.39 Å². The molecule has 0 heterocycles. The molecule has 0 fully saturated rings. The summed E-state index contributed by atoms with van der Waals surface area (Å²) in [5.74, 6) is 0.340. The maximum Gasteiger partial charge on any atom is 0.126 e. The van der Waals surface area contributed by atoms with E-state index in [1.807, 2.05) is 6.92 Å². The van der Waals surface area contributed by atoms with Crippen LogP contribution in [0.15, 0.2) is 18.2 Å². The van der Waals surface area contributed by atoms with Crippen molar-refractivity contribution in [3.8, 4) is 5.75 Å². The molecule has 1 unspecified atom stereocenters. The van der Waals surface area contributed by atoms with E-state index in [-0.39, 0.29) is 12.4 Å². The Bertz CT molecular complexity index is 334. The van der Waals surface area contributed by atoms with Crippen LogP contribution in [-0.4, -0.2) is 17.3 Å². The van der Waals surface area contributed by atoms with Crippen molar-refractivity contribution in [2.24, 2.45) is 0 Å². The number of hydrogen-bond acceptors (Lipinski definition) is 2. The lowest BCUT2D eigenvalue weighted by Gasteiger charge is -2.21. The fraction of sp³-hybridized carbons (Fsp3) is 0.500. The van der Waals surface area contributed by atoms with E-state index in [0.29, 0.717) is 17.7 Å². The fourth-order valence-electron chi connectivity index (χ4n) is 1.05. The predicted molar refractivity (Wildman–Crippen MR) is 57.5 cm³/mol. The van der Waals surface area contributed by atoms with Crippen LogP contribution in [0, 0.1) is 12.7 Å². The van der Waals surface area contributed by atoms with E-state index in [2.05, 4.69) is 0 Å². The first-order valence-electron chi connectivity index (χ1n) is 5.06. The first-order valence-corrected chi connectivity index (χ1v) is 5.06. The number of rotatable bonds is 4. The van der Waals surface area contributed by atoms with Crippen molar-refractivity contribution in [2.75, 3.05) is 6.61 Å². The molecule has 0 aliphatic rings. The second-order valence-electron chi connectivity index (χ2n) is 4.05. The average Bonchev–Trinajstić information content (AvgIpc) is 2.20. The zero-order chi connectivity index (χ0) is 11.5. The summed E-state index contributed by atoms with van der Waals surface area (Å²) in [7, 11) is 0. The van der Waals surface area contributed by atoms with E-state index in [0.717, 1.165) is 0 Å². The van der Waals surface area contributed by atoms with Crippen LogP contribution >= 0.6 is 0 Å². The summed E-state index contributed by atoms with van der Waals surface area (Å²) >= 11 is 0. The van der Waals surface area contributed by atoms with Crippen LogP contribution in [0.25, 0.3) is 0 Å². The smallest absolute Gasteiger partial charge is 0.126 e. The predicted octanol–water partition coefficient (Wildman–Crippen LogP) is 2.67. The lowest BCUT2D eigenvalue weighted by molar-refractivity contribution is 0.00843. The molecular formula is C12H17FO2. The molecular weight excluding hydrogens is 195 g/mol. The number of aryl methyl sites for hydroxylation is 1. The second kappa shape index (κ2) is 4.62. The van der Waals surface area contributed by atoms with E-state index in [1.54, 1.807) is 26.0 Å². The Morgan fingerprint density at radius 2 is 2.13 bits per heavy atom. The maximum atomic E-state index is 12.9. The highest BCUT2D eigenvalue weighted by molar-refractivity contribution is 5.28. The number of halogens is 1. The Balaban J connectivity index is 2.62. The summed E-state index contributed by atoms with van der Waals surface area (Å²) in [4.78, 5) is 0. The van der Waals surface area contributed by atoms with Crippen molar-refractivity contribution >= 4 is 0 Å². The topological polar surface area (TPSA) is 29.5 Å². The van der Waals surface area contributed by atoms with Crippen LogP contribution in [0.3, 0.4) is 0 Å². The molecule has 1 N–H and O–H groups in total. The molecule has 0 aliphatic carbocycles. The molecule has 15 heavy (non-hydrogen) atoms. The molecule has 3 heteroatoms. The summed E-state index contributed by atoms with van der Waals surface area (Å²) in [6.07, 6.45) is 0.618. The summed E-state index contributed by atoms with van der Waals surface area (Å²) in [6, 6.07) is 4.56. The van der Waals surface area contributed by atoms with Gasteiger partial charge in [0, 0.05) is 0 Å². The van der Waals surface area contributed by atoms with E-state index in [9.17, 15) is 9.50 Å².